The maximum Gasteiger partial charge on any atom is 0.255 e. The van der Waals surface area contributed by atoms with E-state index in [4.69, 9.17) is 4.74 Å². The Kier molecular flexibility index (Phi) is 3.13. The molecular weight excluding hydrogens is 240 g/mol. The molecule has 2 aliphatic heterocycles. The number of carbonyl (C=O) groups is 1. The van der Waals surface area contributed by atoms with Crippen molar-refractivity contribution in [1.82, 2.24) is 9.88 Å². The molecule has 0 spiro atoms. The maximum atomic E-state index is 12.6. The lowest BCUT2D eigenvalue weighted by molar-refractivity contribution is 0.00154. The Hall–Kier alpha value is -1.29. The number of nitrogens with zero attached hydrogens (tertiary/aromatic N) is 1. The number of nitrogens with one attached hydrogen (secondary N) is 1. The second-order valence-corrected chi connectivity index (χ2v) is 6.01. The number of amides is 1. The number of aromatic amines is 1. The van der Waals surface area contributed by atoms with Gasteiger partial charge in [-0.25, -0.2) is 0 Å². The Morgan fingerprint density at radius 3 is 2.95 bits per heavy atom. The fourth-order valence-corrected chi connectivity index (χ4v) is 3.47. The molecule has 3 heterocycles. The van der Waals surface area contributed by atoms with Gasteiger partial charge in [0, 0.05) is 24.5 Å². The number of likely N-dealkylation sites (tertiary alicyclic amines) is 1. The Morgan fingerprint density at radius 1 is 1.47 bits per heavy atom. The Balaban J connectivity index is 1.73. The number of ether oxygens (including phenoxy) is 1. The third-order valence-electron chi connectivity index (χ3n) is 4.40. The minimum atomic E-state index is 0.142. The van der Waals surface area contributed by atoms with Crippen LogP contribution in [0.3, 0.4) is 0 Å². The molecule has 1 N–H and O–H groups in total. The molecule has 2 saturated heterocycles. The Morgan fingerprint density at radius 2 is 2.26 bits per heavy atom. The van der Waals surface area contributed by atoms with E-state index in [1.165, 1.54) is 0 Å². The molecule has 0 radical (unpaired) electrons. The van der Waals surface area contributed by atoms with Crippen molar-refractivity contribution in [2.24, 2.45) is 5.92 Å². The first kappa shape index (κ1) is 12.7. The van der Waals surface area contributed by atoms with E-state index in [-0.39, 0.29) is 12.0 Å². The van der Waals surface area contributed by atoms with E-state index >= 15 is 0 Å². The van der Waals surface area contributed by atoms with E-state index in [1.807, 2.05) is 24.8 Å². The Labute approximate surface area is 114 Å². The van der Waals surface area contributed by atoms with E-state index in [0.29, 0.717) is 12.0 Å². The standard InChI is InChI=1S/C15H22N2O2/c1-9-6-13(11(3)16-9)15(18)17-5-4-12-7-10(2)19-14(12)8-17/h6,10,12,14,16H,4-5,7-8H2,1-3H3/t10-,12-,14+/m0/s1. The van der Waals surface area contributed by atoms with Gasteiger partial charge in [0.15, 0.2) is 0 Å². The third-order valence-corrected chi connectivity index (χ3v) is 4.40. The molecule has 0 bridgehead atoms. The van der Waals surface area contributed by atoms with Gasteiger partial charge in [0.05, 0.1) is 17.8 Å². The summed E-state index contributed by atoms with van der Waals surface area (Å²) in [5, 5.41) is 0. The molecule has 3 atom stereocenters. The van der Waals surface area contributed by atoms with Crippen LogP contribution >= 0.6 is 0 Å². The topological polar surface area (TPSA) is 45.3 Å². The molecule has 0 unspecified atom stereocenters. The molecule has 1 amide bonds. The first-order valence-corrected chi connectivity index (χ1v) is 7.15. The van der Waals surface area contributed by atoms with Crippen molar-refractivity contribution in [1.29, 1.82) is 0 Å². The minimum absolute atomic E-state index is 0.142. The molecule has 1 aromatic heterocycles. The fourth-order valence-electron chi connectivity index (χ4n) is 3.47. The zero-order chi connectivity index (χ0) is 13.6. The summed E-state index contributed by atoms with van der Waals surface area (Å²) in [7, 11) is 0. The number of aromatic nitrogens is 1. The number of hydrogen-bond donors (Lipinski definition) is 1. The van der Waals surface area contributed by atoms with Crippen LogP contribution in [0.1, 0.15) is 41.5 Å². The van der Waals surface area contributed by atoms with E-state index in [1.54, 1.807) is 0 Å². The van der Waals surface area contributed by atoms with Crippen molar-refractivity contribution in [3.63, 3.8) is 0 Å². The summed E-state index contributed by atoms with van der Waals surface area (Å²) in [6.45, 7) is 7.68. The van der Waals surface area contributed by atoms with Gasteiger partial charge in [-0.05, 0) is 45.6 Å². The first-order chi connectivity index (χ1) is 9.04. The van der Waals surface area contributed by atoms with Gasteiger partial charge in [0.1, 0.15) is 0 Å². The average molecular weight is 262 g/mol. The molecular formula is C15H22N2O2. The smallest absolute Gasteiger partial charge is 0.255 e. The van der Waals surface area contributed by atoms with Crippen molar-refractivity contribution in [2.45, 2.75) is 45.8 Å². The van der Waals surface area contributed by atoms with E-state index in [0.717, 1.165) is 42.9 Å². The summed E-state index contributed by atoms with van der Waals surface area (Å²) in [6, 6.07) is 1.95. The maximum absolute atomic E-state index is 12.6. The monoisotopic (exact) mass is 262 g/mol. The van der Waals surface area contributed by atoms with Crippen LogP contribution in [0.2, 0.25) is 0 Å². The summed E-state index contributed by atoms with van der Waals surface area (Å²) in [5.74, 6) is 0.788. The van der Waals surface area contributed by atoms with Gasteiger partial charge < -0.3 is 14.6 Å². The summed E-state index contributed by atoms with van der Waals surface area (Å²) < 4.78 is 5.92. The molecule has 1 aromatic rings. The number of fused-ring (bicyclic) bond motifs is 1. The highest BCUT2D eigenvalue weighted by Gasteiger charge is 2.38. The van der Waals surface area contributed by atoms with Crippen molar-refractivity contribution in [3.8, 4) is 0 Å². The van der Waals surface area contributed by atoms with Gasteiger partial charge in [-0.1, -0.05) is 0 Å². The first-order valence-electron chi connectivity index (χ1n) is 7.15. The molecule has 4 nitrogen and oxygen atoms in total. The molecule has 2 fully saturated rings. The highest BCUT2D eigenvalue weighted by Crippen LogP contribution is 2.33. The van der Waals surface area contributed by atoms with E-state index in [2.05, 4.69) is 11.9 Å². The summed E-state index contributed by atoms with van der Waals surface area (Å²) in [4.78, 5) is 17.7. The van der Waals surface area contributed by atoms with Gasteiger partial charge in [-0.2, -0.15) is 0 Å². The van der Waals surface area contributed by atoms with Crippen LogP contribution in [0.5, 0.6) is 0 Å². The van der Waals surface area contributed by atoms with Gasteiger partial charge in [0.2, 0.25) is 0 Å². The van der Waals surface area contributed by atoms with E-state index < -0.39 is 0 Å². The SMILES string of the molecule is Cc1cc(C(=O)N2CC[C@H]3C[C@H](C)O[C@@H]3C2)c(C)[nH]1. The highest BCUT2D eigenvalue weighted by atomic mass is 16.5. The molecule has 4 heteroatoms. The summed E-state index contributed by atoms with van der Waals surface area (Å²) in [6.07, 6.45) is 2.81. The number of piperidine rings is 1. The number of carbonyl (C=O) groups excluding carboxylic acids is 1. The second-order valence-electron chi connectivity index (χ2n) is 6.01. The molecule has 0 aromatic carbocycles. The van der Waals surface area contributed by atoms with Gasteiger partial charge >= 0.3 is 0 Å². The third kappa shape index (κ3) is 2.29. The minimum Gasteiger partial charge on any atom is -0.373 e. The van der Waals surface area contributed by atoms with Crippen molar-refractivity contribution in [2.75, 3.05) is 13.1 Å². The summed E-state index contributed by atoms with van der Waals surface area (Å²) >= 11 is 0. The predicted molar refractivity (Wildman–Crippen MR) is 73.2 cm³/mol. The van der Waals surface area contributed by atoms with Crippen LogP contribution in [0.25, 0.3) is 0 Å². The van der Waals surface area contributed by atoms with Gasteiger partial charge in [-0.15, -0.1) is 0 Å². The summed E-state index contributed by atoms with van der Waals surface area (Å²) in [5.41, 5.74) is 2.81. The predicted octanol–water partition coefficient (Wildman–Crippen LogP) is 2.27. The van der Waals surface area contributed by atoms with Crippen LogP contribution in [0, 0.1) is 19.8 Å². The molecule has 3 rings (SSSR count). The number of rotatable bonds is 1. The number of aryl methyl sites for hydroxylation is 2. The van der Waals surface area contributed by atoms with E-state index in [9.17, 15) is 4.79 Å². The molecule has 19 heavy (non-hydrogen) atoms. The van der Waals surface area contributed by atoms with Crippen molar-refractivity contribution in [3.05, 3.63) is 23.0 Å². The zero-order valence-corrected chi connectivity index (χ0v) is 11.9. The highest BCUT2D eigenvalue weighted by molar-refractivity contribution is 5.95. The fraction of sp³-hybridized carbons (Fsp3) is 0.667. The number of H-pyrrole nitrogens is 1. The molecule has 0 saturated carbocycles. The quantitative estimate of drug-likeness (QED) is 0.844. The van der Waals surface area contributed by atoms with Gasteiger partial charge in [-0.3, -0.25) is 4.79 Å². The van der Waals surface area contributed by atoms with Crippen molar-refractivity contribution < 1.29 is 9.53 Å². The zero-order valence-electron chi connectivity index (χ0n) is 11.9. The second kappa shape index (κ2) is 4.67. The lowest BCUT2D eigenvalue weighted by Crippen LogP contribution is -2.45. The molecule has 104 valence electrons. The molecule has 0 aliphatic carbocycles. The van der Waals surface area contributed by atoms with Gasteiger partial charge in [0.25, 0.3) is 5.91 Å². The largest absolute Gasteiger partial charge is 0.373 e. The average Bonchev–Trinajstić information content (AvgIpc) is 2.88. The lowest BCUT2D eigenvalue weighted by atomic mass is 9.92. The van der Waals surface area contributed by atoms with Crippen LogP contribution in [0.4, 0.5) is 0 Å². The normalized spacial score (nSPS) is 30.5. The van der Waals surface area contributed by atoms with Crippen molar-refractivity contribution >= 4 is 5.91 Å². The van der Waals surface area contributed by atoms with Crippen LogP contribution in [0.15, 0.2) is 6.07 Å². The molecule has 2 aliphatic rings. The van der Waals surface area contributed by atoms with Crippen LogP contribution in [-0.4, -0.2) is 41.1 Å². The Bertz CT molecular complexity index is 494. The number of hydrogen-bond acceptors (Lipinski definition) is 2. The van der Waals surface area contributed by atoms with Crippen LogP contribution < -0.4 is 0 Å². The lowest BCUT2D eigenvalue weighted by Gasteiger charge is -2.34. The van der Waals surface area contributed by atoms with Crippen LogP contribution in [-0.2, 0) is 4.74 Å².